The van der Waals surface area contributed by atoms with Crippen molar-refractivity contribution >= 4 is 18.2 Å². The van der Waals surface area contributed by atoms with E-state index in [0.717, 1.165) is 18.2 Å². The summed E-state index contributed by atoms with van der Waals surface area (Å²) in [5.41, 5.74) is -0.685. The summed E-state index contributed by atoms with van der Waals surface area (Å²) in [5, 5.41) is 12.7. The van der Waals surface area contributed by atoms with Gasteiger partial charge in [-0.1, -0.05) is 48.5 Å². The SMILES string of the molecule is CC.CC(C#N)(NC=O)c1cncc(F)c1.CC(C)C.CC1(C)C2CN(C(=O)CNC(=O)C(F)(F)F)CC21. The topological polar surface area (TPSA) is 115 Å². The number of rotatable bonds is 5. The zero-order valence-electron chi connectivity index (χ0n) is 23.2. The molecule has 2 aliphatic rings. The molecule has 1 aromatic rings. The van der Waals surface area contributed by atoms with Crippen LogP contribution < -0.4 is 10.6 Å². The van der Waals surface area contributed by atoms with Crippen molar-refractivity contribution in [1.29, 1.82) is 5.26 Å². The Kier molecular flexibility index (Phi) is 13.4. The van der Waals surface area contributed by atoms with Gasteiger partial charge in [-0.05, 0) is 36.2 Å². The fourth-order valence-corrected chi connectivity index (χ4v) is 3.69. The first kappa shape index (κ1) is 34.8. The molecule has 12 heteroatoms. The van der Waals surface area contributed by atoms with E-state index in [-0.39, 0.29) is 5.41 Å². The number of amides is 3. The van der Waals surface area contributed by atoms with Crippen LogP contribution >= 0.6 is 0 Å². The van der Waals surface area contributed by atoms with E-state index in [2.05, 4.69) is 44.9 Å². The zero-order valence-corrected chi connectivity index (χ0v) is 23.2. The molecular weight excluding hydrogens is 506 g/mol. The summed E-state index contributed by atoms with van der Waals surface area (Å²) in [5.74, 6) is -1.34. The van der Waals surface area contributed by atoms with Crippen LogP contribution in [0.25, 0.3) is 0 Å². The number of nitrogens with one attached hydrogen (secondary N) is 2. The standard InChI is InChI=1S/C11H15F3N2O2.C9H8FN3O.C4H10.C2H6/c1-10(2)6-4-16(5-7(6)10)8(17)3-15-9(18)11(12,13)14;1-9(5-11,13-6-14)7-2-8(10)4-12-3-7;1-4(2)3;1-2/h6-7H,3-5H2,1-2H3,(H,15,18);2-4,6H,1H3,(H,13,14);4H,1-3H3;1-2H3. The molecule has 3 rings (SSSR count). The molecule has 38 heavy (non-hydrogen) atoms. The minimum Gasteiger partial charge on any atom is -0.341 e. The van der Waals surface area contributed by atoms with Crippen LogP contribution in [0.4, 0.5) is 17.6 Å². The molecule has 1 aliphatic heterocycles. The quantitative estimate of drug-likeness (QED) is 0.426. The van der Waals surface area contributed by atoms with Crippen LogP contribution in [0.15, 0.2) is 18.5 Å². The molecule has 8 nitrogen and oxygen atoms in total. The molecule has 2 fully saturated rings. The van der Waals surface area contributed by atoms with Gasteiger partial charge in [-0.3, -0.25) is 19.4 Å². The van der Waals surface area contributed by atoms with Gasteiger partial charge in [-0.15, -0.1) is 0 Å². The molecule has 2 heterocycles. The molecule has 0 bridgehead atoms. The summed E-state index contributed by atoms with van der Waals surface area (Å²) in [7, 11) is 0. The van der Waals surface area contributed by atoms with Gasteiger partial charge in [0.1, 0.15) is 5.82 Å². The second kappa shape index (κ2) is 14.6. The molecule has 1 aliphatic carbocycles. The van der Waals surface area contributed by atoms with Gasteiger partial charge >= 0.3 is 12.1 Å². The Labute approximate surface area is 222 Å². The number of carbonyl (C=O) groups excluding carboxylic acids is 3. The second-order valence-electron chi connectivity index (χ2n) is 10.1. The van der Waals surface area contributed by atoms with Gasteiger partial charge in [0.05, 0.1) is 18.8 Å². The zero-order chi connectivity index (χ0) is 29.9. The van der Waals surface area contributed by atoms with E-state index >= 15 is 0 Å². The molecule has 0 aromatic carbocycles. The van der Waals surface area contributed by atoms with Gasteiger partial charge in [0.2, 0.25) is 12.3 Å². The molecule has 1 aromatic heterocycles. The summed E-state index contributed by atoms with van der Waals surface area (Å²) < 4.78 is 48.5. The predicted molar refractivity (Wildman–Crippen MR) is 135 cm³/mol. The van der Waals surface area contributed by atoms with Gasteiger partial charge in [-0.25, -0.2) is 4.39 Å². The van der Waals surface area contributed by atoms with Crippen molar-refractivity contribution in [2.75, 3.05) is 19.6 Å². The third kappa shape index (κ3) is 10.3. The van der Waals surface area contributed by atoms with Crippen molar-refractivity contribution < 1.29 is 31.9 Å². The maximum atomic E-state index is 12.8. The first-order valence-corrected chi connectivity index (χ1v) is 12.4. The highest BCUT2D eigenvalue weighted by molar-refractivity contribution is 5.87. The smallest absolute Gasteiger partial charge is 0.341 e. The number of piperidine rings is 1. The average Bonchev–Trinajstić information content (AvgIpc) is 3.16. The van der Waals surface area contributed by atoms with E-state index in [4.69, 9.17) is 5.26 Å². The number of nitrogens with zero attached hydrogens (tertiary/aromatic N) is 3. The Morgan fingerprint density at radius 3 is 2.11 bits per heavy atom. The first-order valence-electron chi connectivity index (χ1n) is 12.4. The number of hydrogen-bond donors (Lipinski definition) is 2. The first-order chi connectivity index (χ1) is 17.5. The lowest BCUT2D eigenvalue weighted by molar-refractivity contribution is -0.174. The van der Waals surface area contributed by atoms with Crippen LogP contribution in [0.2, 0.25) is 0 Å². The van der Waals surface area contributed by atoms with Crippen molar-refractivity contribution in [2.45, 2.75) is 67.1 Å². The van der Waals surface area contributed by atoms with E-state index in [1.807, 2.05) is 19.9 Å². The molecule has 3 unspecified atom stereocenters. The van der Waals surface area contributed by atoms with Crippen molar-refractivity contribution in [3.63, 3.8) is 0 Å². The molecule has 214 valence electrons. The summed E-state index contributed by atoms with van der Waals surface area (Å²) in [6.07, 6.45) is -2.17. The summed E-state index contributed by atoms with van der Waals surface area (Å²) in [4.78, 5) is 37.5. The van der Waals surface area contributed by atoms with Gasteiger partial charge in [0.15, 0.2) is 5.54 Å². The van der Waals surface area contributed by atoms with E-state index in [9.17, 15) is 31.9 Å². The highest BCUT2D eigenvalue weighted by atomic mass is 19.4. The van der Waals surface area contributed by atoms with Crippen LogP contribution in [0, 0.1) is 40.3 Å². The monoisotopic (exact) mass is 545 g/mol. The number of alkyl halides is 3. The van der Waals surface area contributed by atoms with Crippen LogP contribution in [-0.4, -0.2) is 53.9 Å². The summed E-state index contributed by atoms with van der Waals surface area (Å²) in [6.45, 7) is 16.8. The Bertz CT molecular complexity index is 962. The van der Waals surface area contributed by atoms with E-state index in [0.29, 0.717) is 36.9 Å². The number of nitriles is 1. The third-order valence-electron chi connectivity index (χ3n) is 5.99. The Balaban J connectivity index is 0.000000610. The maximum Gasteiger partial charge on any atom is 0.471 e. The van der Waals surface area contributed by atoms with Gasteiger partial charge in [0.25, 0.3) is 0 Å². The average molecular weight is 546 g/mol. The van der Waals surface area contributed by atoms with Crippen LogP contribution in [-0.2, 0) is 19.9 Å². The van der Waals surface area contributed by atoms with Gasteiger partial charge in [-0.2, -0.15) is 18.4 Å². The fourth-order valence-electron chi connectivity index (χ4n) is 3.69. The lowest BCUT2D eigenvalue weighted by Gasteiger charge is -2.22. The summed E-state index contributed by atoms with van der Waals surface area (Å²) in [6, 6.07) is 3.03. The lowest BCUT2D eigenvalue weighted by atomic mass is 9.96. The Morgan fingerprint density at radius 1 is 1.21 bits per heavy atom. The highest BCUT2D eigenvalue weighted by Crippen LogP contribution is 2.61. The van der Waals surface area contributed by atoms with E-state index in [1.165, 1.54) is 18.0 Å². The molecular formula is C26H39F4N5O3. The number of halogens is 4. The Hall–Kier alpha value is -3.23. The number of hydrogen-bond acceptors (Lipinski definition) is 5. The maximum absolute atomic E-state index is 12.8. The van der Waals surface area contributed by atoms with Gasteiger partial charge in [0, 0.05) is 24.8 Å². The molecule has 2 N–H and O–H groups in total. The van der Waals surface area contributed by atoms with Crippen molar-refractivity contribution in [3.8, 4) is 6.07 Å². The number of pyridine rings is 1. The largest absolute Gasteiger partial charge is 0.471 e. The second-order valence-corrected chi connectivity index (χ2v) is 10.1. The number of likely N-dealkylation sites (tertiary alicyclic amines) is 1. The number of fused-ring (bicyclic) bond motifs is 1. The molecule has 1 saturated carbocycles. The molecule has 3 amide bonds. The summed E-state index contributed by atoms with van der Waals surface area (Å²) >= 11 is 0. The van der Waals surface area contributed by atoms with E-state index in [1.54, 1.807) is 5.32 Å². The Morgan fingerprint density at radius 2 is 1.71 bits per heavy atom. The van der Waals surface area contributed by atoms with E-state index < -0.39 is 35.9 Å². The highest BCUT2D eigenvalue weighted by Gasteiger charge is 2.62. The minimum atomic E-state index is -4.94. The van der Waals surface area contributed by atoms with Crippen LogP contribution in [0.5, 0.6) is 0 Å². The van der Waals surface area contributed by atoms with Crippen molar-refractivity contribution in [1.82, 2.24) is 20.5 Å². The van der Waals surface area contributed by atoms with Crippen LogP contribution in [0.3, 0.4) is 0 Å². The normalized spacial score (nSPS) is 19.8. The fraction of sp³-hybridized carbons (Fsp3) is 0.654. The molecule has 1 saturated heterocycles. The van der Waals surface area contributed by atoms with Crippen LogP contribution in [0.1, 0.15) is 61.0 Å². The van der Waals surface area contributed by atoms with Crippen molar-refractivity contribution in [2.24, 2.45) is 23.2 Å². The molecule has 0 radical (unpaired) electrons. The lowest BCUT2D eigenvalue weighted by Crippen LogP contribution is -2.44. The van der Waals surface area contributed by atoms with Gasteiger partial charge < -0.3 is 15.5 Å². The molecule has 0 spiro atoms. The predicted octanol–water partition coefficient (Wildman–Crippen LogP) is 4.17. The molecule has 3 atom stereocenters. The third-order valence-corrected chi connectivity index (χ3v) is 5.99. The minimum absolute atomic E-state index is 0.242. The van der Waals surface area contributed by atoms with Crippen molar-refractivity contribution in [3.05, 3.63) is 29.8 Å². The number of carbonyl (C=O) groups is 3. The number of aromatic nitrogens is 1.